The van der Waals surface area contributed by atoms with E-state index in [9.17, 15) is 24.3 Å². The van der Waals surface area contributed by atoms with Gasteiger partial charge in [0.25, 0.3) is 11.5 Å². The molecule has 4 rings (SSSR count). The number of aliphatic imine (C=N–C) groups is 1. The molecule has 2 aliphatic rings. The van der Waals surface area contributed by atoms with Crippen molar-refractivity contribution in [3.63, 3.8) is 0 Å². The maximum absolute atomic E-state index is 13.5. The van der Waals surface area contributed by atoms with E-state index in [1.165, 1.54) is 17.8 Å². The van der Waals surface area contributed by atoms with E-state index in [4.69, 9.17) is 4.84 Å². The average molecular weight is 476 g/mol. The Morgan fingerprint density at radius 2 is 2.09 bits per heavy atom. The number of hydrogen-bond donors (Lipinski definition) is 2. The summed E-state index contributed by atoms with van der Waals surface area (Å²) in [6.07, 6.45) is 2.15. The number of fused-ring (bicyclic) bond motifs is 1. The van der Waals surface area contributed by atoms with Crippen molar-refractivity contribution in [3.8, 4) is 0 Å². The fourth-order valence-corrected chi connectivity index (χ4v) is 5.01. The number of carbonyl (C=O) groups is 2. The molecule has 1 saturated heterocycles. The van der Waals surface area contributed by atoms with Gasteiger partial charge in [-0.25, -0.2) is 9.86 Å². The van der Waals surface area contributed by atoms with Crippen LogP contribution in [0, 0.1) is 5.92 Å². The van der Waals surface area contributed by atoms with Gasteiger partial charge in [0.2, 0.25) is 5.78 Å². The van der Waals surface area contributed by atoms with Crippen LogP contribution in [-0.4, -0.2) is 62.5 Å². The Morgan fingerprint density at radius 1 is 1.36 bits per heavy atom. The Hall–Kier alpha value is -3.09. The number of Topliss-reactive ketones (excluding diaryl/α,β-unsaturated/α-hetero) is 1. The number of amides is 1. The molecule has 4 heterocycles. The monoisotopic (exact) mass is 475 g/mol. The molecule has 0 spiro atoms. The van der Waals surface area contributed by atoms with Crippen LogP contribution in [0.3, 0.4) is 0 Å². The van der Waals surface area contributed by atoms with Crippen molar-refractivity contribution >= 4 is 39.5 Å². The second kappa shape index (κ2) is 8.69. The lowest BCUT2D eigenvalue weighted by Gasteiger charge is -2.17. The maximum atomic E-state index is 13.5. The van der Waals surface area contributed by atoms with Crippen LogP contribution in [0.5, 0.6) is 0 Å². The highest BCUT2D eigenvalue weighted by Crippen LogP contribution is 2.32. The molecule has 0 saturated carbocycles. The minimum atomic E-state index is -0.875. The first-order chi connectivity index (χ1) is 15.6. The Labute approximate surface area is 192 Å². The van der Waals surface area contributed by atoms with E-state index in [1.54, 1.807) is 13.1 Å². The van der Waals surface area contributed by atoms with Crippen molar-refractivity contribution < 1.29 is 19.5 Å². The Bertz CT molecular complexity index is 1320. The molecule has 2 N–H and O–H groups in total. The third-order valence-electron chi connectivity index (χ3n) is 5.36. The first kappa shape index (κ1) is 23.1. The second-order valence-electron chi connectivity index (χ2n) is 8.53. The van der Waals surface area contributed by atoms with E-state index in [1.807, 2.05) is 13.8 Å². The summed E-state index contributed by atoms with van der Waals surface area (Å²) >= 11 is 0.932. The highest BCUT2D eigenvalue weighted by atomic mass is 32.1. The third-order valence-corrected chi connectivity index (χ3v) is 6.59. The fourth-order valence-electron chi connectivity index (χ4n) is 3.74. The van der Waals surface area contributed by atoms with E-state index >= 15 is 0 Å². The maximum Gasteiger partial charge on any atom is 0.331 e. The number of aliphatic hydroxyl groups excluding tert-OH is 1. The lowest BCUT2D eigenvalue weighted by atomic mass is 10.0. The molecule has 2 aromatic heterocycles. The highest BCUT2D eigenvalue weighted by molar-refractivity contribution is 7.21. The Morgan fingerprint density at radius 3 is 2.67 bits per heavy atom. The van der Waals surface area contributed by atoms with E-state index < -0.39 is 35.1 Å². The number of nitrogens with zero attached hydrogens (tertiary/aromatic N) is 4. The Balaban J connectivity index is 1.97. The SMILES string of the molecule is CC1=CN[C@H](C(=O)c2sc3c(c2C(=O)N2C[C@H](O)CO2)c(=O)n(C)c(=O)n3CC(C)C)C=N1. The van der Waals surface area contributed by atoms with Gasteiger partial charge in [-0.15, -0.1) is 11.3 Å². The van der Waals surface area contributed by atoms with Crippen molar-refractivity contribution in [3.05, 3.63) is 43.2 Å². The second-order valence-corrected chi connectivity index (χ2v) is 9.52. The van der Waals surface area contributed by atoms with Crippen molar-refractivity contribution in [2.45, 2.75) is 39.5 Å². The molecule has 2 atom stereocenters. The van der Waals surface area contributed by atoms with Crippen LogP contribution in [0.15, 0.2) is 26.5 Å². The van der Waals surface area contributed by atoms with Crippen LogP contribution >= 0.6 is 11.3 Å². The van der Waals surface area contributed by atoms with Gasteiger partial charge in [0.1, 0.15) is 23.6 Å². The van der Waals surface area contributed by atoms with Gasteiger partial charge in [-0.1, -0.05) is 13.8 Å². The van der Waals surface area contributed by atoms with Crippen LogP contribution in [0.2, 0.25) is 0 Å². The molecule has 176 valence electrons. The van der Waals surface area contributed by atoms with Gasteiger partial charge >= 0.3 is 5.69 Å². The van der Waals surface area contributed by atoms with Crippen LogP contribution in [0.1, 0.15) is 40.8 Å². The zero-order chi connectivity index (χ0) is 24.0. The predicted octanol–water partition coefficient (Wildman–Crippen LogP) is 0.253. The molecule has 0 unspecified atom stereocenters. The first-order valence-corrected chi connectivity index (χ1v) is 11.3. The molecule has 2 aromatic rings. The number of nitrogens with one attached hydrogen (secondary N) is 1. The molecule has 0 radical (unpaired) electrons. The smallest absolute Gasteiger partial charge is 0.331 e. The quantitative estimate of drug-likeness (QED) is 0.592. The van der Waals surface area contributed by atoms with Gasteiger partial charge in [-0.3, -0.25) is 33.3 Å². The van der Waals surface area contributed by atoms with E-state index in [0.717, 1.165) is 21.0 Å². The van der Waals surface area contributed by atoms with E-state index in [0.29, 0.717) is 12.2 Å². The molecule has 0 aromatic carbocycles. The summed E-state index contributed by atoms with van der Waals surface area (Å²) < 4.78 is 2.36. The number of ketones is 1. The number of thiophene rings is 1. The van der Waals surface area contributed by atoms with Crippen molar-refractivity contribution in [2.24, 2.45) is 18.0 Å². The zero-order valence-corrected chi connectivity index (χ0v) is 19.5. The minimum absolute atomic E-state index is 0.0134. The van der Waals surface area contributed by atoms with Gasteiger partial charge in [0, 0.05) is 26.0 Å². The molecule has 1 amide bonds. The van der Waals surface area contributed by atoms with Crippen LogP contribution in [0.4, 0.5) is 0 Å². The molecule has 33 heavy (non-hydrogen) atoms. The van der Waals surface area contributed by atoms with Gasteiger partial charge in [0.15, 0.2) is 0 Å². The number of hydrogen-bond acceptors (Lipinski definition) is 9. The van der Waals surface area contributed by atoms with Crippen molar-refractivity contribution in [1.29, 1.82) is 0 Å². The van der Waals surface area contributed by atoms with Crippen LogP contribution in [0.25, 0.3) is 10.2 Å². The first-order valence-electron chi connectivity index (χ1n) is 10.5. The molecule has 0 bridgehead atoms. The summed E-state index contributed by atoms with van der Waals surface area (Å²) in [7, 11) is 1.34. The molecular formula is C21H25N5O6S. The number of carbonyl (C=O) groups excluding carboxylic acids is 2. The van der Waals surface area contributed by atoms with Crippen LogP contribution < -0.4 is 16.6 Å². The van der Waals surface area contributed by atoms with E-state index in [-0.39, 0.29) is 39.7 Å². The van der Waals surface area contributed by atoms with Gasteiger partial charge in [-0.2, -0.15) is 0 Å². The lowest BCUT2D eigenvalue weighted by Crippen LogP contribution is -2.40. The Kier molecular flexibility index (Phi) is 6.08. The summed E-state index contributed by atoms with van der Waals surface area (Å²) in [5.74, 6) is -1.11. The van der Waals surface area contributed by atoms with Gasteiger partial charge < -0.3 is 10.4 Å². The molecule has 1 fully saturated rings. The standard InChI is InChI=1S/C21H25N5O6S/c1-10(2)7-25-20-15(18(29)24(4)21(25)31)14(19(30)26-8-12(27)9-32-26)17(33-20)16(28)13-6-22-11(3)5-23-13/h5-6,10,12-13,23,27H,7-9H2,1-4H3/t12-,13-/m0/s1. The molecule has 11 nitrogen and oxygen atoms in total. The van der Waals surface area contributed by atoms with Crippen molar-refractivity contribution in [2.75, 3.05) is 13.2 Å². The number of rotatable bonds is 5. The number of allylic oxidation sites excluding steroid dienone is 1. The number of aliphatic hydroxyl groups is 1. The third kappa shape index (κ3) is 4.05. The zero-order valence-electron chi connectivity index (χ0n) is 18.7. The topological polar surface area (TPSA) is 135 Å². The molecule has 0 aliphatic carbocycles. The van der Waals surface area contributed by atoms with Crippen LogP contribution in [-0.2, 0) is 18.4 Å². The summed E-state index contributed by atoms with van der Waals surface area (Å²) in [6, 6.07) is -0.840. The summed E-state index contributed by atoms with van der Waals surface area (Å²) in [5.41, 5.74) is -0.641. The van der Waals surface area contributed by atoms with Gasteiger partial charge in [0.05, 0.1) is 28.1 Å². The molecule has 2 aliphatic heterocycles. The molecule has 12 heteroatoms. The fraction of sp³-hybridized carbons (Fsp3) is 0.476. The summed E-state index contributed by atoms with van der Waals surface area (Å²) in [6.45, 7) is 5.74. The highest BCUT2D eigenvalue weighted by Gasteiger charge is 2.36. The van der Waals surface area contributed by atoms with Gasteiger partial charge in [-0.05, 0) is 12.8 Å². The van der Waals surface area contributed by atoms with E-state index in [2.05, 4.69) is 10.3 Å². The average Bonchev–Trinajstić information content (AvgIpc) is 3.39. The molecular weight excluding hydrogens is 450 g/mol. The summed E-state index contributed by atoms with van der Waals surface area (Å²) in [5, 5.41) is 13.7. The van der Waals surface area contributed by atoms with Crippen molar-refractivity contribution in [1.82, 2.24) is 19.5 Å². The normalized spacial score (nSPS) is 20.4. The lowest BCUT2D eigenvalue weighted by molar-refractivity contribution is -0.0778. The number of β-amino-alcohol motifs (C(OH)–C–C–N with tert-alkyl or cyclic N) is 1. The predicted molar refractivity (Wildman–Crippen MR) is 123 cm³/mol. The minimum Gasteiger partial charge on any atom is -0.389 e. The number of aromatic nitrogens is 2. The summed E-state index contributed by atoms with van der Waals surface area (Å²) in [4.78, 5) is 62.7. The largest absolute Gasteiger partial charge is 0.389 e. The number of hydroxylamine groups is 2.